The number of β-amino-alcohol motifs (C(OH)–C–C–N with tert-alkyl or cyclic N) is 1. The molecule has 0 aromatic heterocycles. The number of hydrogen-bond donors (Lipinski definition) is 1. The average molecular weight is 342 g/mol. The van der Waals surface area contributed by atoms with Crippen LogP contribution in [0.1, 0.15) is 45.3 Å². The minimum atomic E-state index is -0.407. The highest BCUT2D eigenvalue weighted by atomic mass is 35.5. The fourth-order valence-corrected chi connectivity index (χ4v) is 3.64. The molecule has 132 valence electrons. The number of piperidine rings is 1. The fraction of sp³-hybridized carbons (Fsp3) is 0.684. The van der Waals surface area contributed by atoms with Crippen LogP contribution in [0.15, 0.2) is 30.3 Å². The predicted octanol–water partition coefficient (Wildman–Crippen LogP) is 3.91. The summed E-state index contributed by atoms with van der Waals surface area (Å²) in [7, 11) is 0. The Hall–Kier alpha value is -0.610. The monoisotopic (exact) mass is 341 g/mol. The first-order chi connectivity index (χ1) is 10.6. The molecule has 4 heteroatoms. The molecule has 0 saturated carbocycles. The van der Waals surface area contributed by atoms with Crippen LogP contribution in [0, 0.1) is 11.8 Å². The second kappa shape index (κ2) is 10.3. The quantitative estimate of drug-likeness (QED) is 0.816. The molecule has 2 rings (SSSR count). The zero-order valence-corrected chi connectivity index (χ0v) is 15.5. The Balaban J connectivity index is 0.00000264. The van der Waals surface area contributed by atoms with Crippen LogP contribution in [0.5, 0.6) is 0 Å². The van der Waals surface area contributed by atoms with Crippen molar-refractivity contribution < 1.29 is 9.84 Å². The van der Waals surface area contributed by atoms with Crippen LogP contribution >= 0.6 is 12.4 Å². The average Bonchev–Trinajstić information content (AvgIpc) is 2.48. The van der Waals surface area contributed by atoms with E-state index in [9.17, 15) is 5.11 Å². The lowest BCUT2D eigenvalue weighted by atomic mass is 9.92. The highest BCUT2D eigenvalue weighted by molar-refractivity contribution is 5.85. The van der Waals surface area contributed by atoms with Crippen molar-refractivity contribution in [2.24, 2.45) is 11.8 Å². The molecule has 0 aliphatic carbocycles. The maximum absolute atomic E-state index is 10.3. The molecule has 1 N–H and O–H groups in total. The molecule has 1 aromatic rings. The standard InChI is InChI=1S/C19H31NO2.ClH/c1-4-19(17-8-6-5-7-9-17)22-14-18(21)13-20-11-15(2)10-16(3)12-20;/h5-9,15-16,18-19,21H,4,10-14H2,1-3H3;1H. The molecule has 1 saturated heterocycles. The molecule has 1 aliphatic rings. The number of aliphatic hydroxyl groups excluding tert-OH is 1. The first-order valence-electron chi connectivity index (χ1n) is 8.65. The van der Waals surface area contributed by atoms with Crippen LogP contribution in [0.3, 0.4) is 0 Å². The van der Waals surface area contributed by atoms with Gasteiger partial charge < -0.3 is 14.7 Å². The first-order valence-corrected chi connectivity index (χ1v) is 8.65. The lowest BCUT2D eigenvalue weighted by Crippen LogP contribution is -2.43. The number of aliphatic hydroxyl groups is 1. The van der Waals surface area contributed by atoms with Gasteiger partial charge in [0.1, 0.15) is 0 Å². The number of hydrogen-bond acceptors (Lipinski definition) is 3. The van der Waals surface area contributed by atoms with Gasteiger partial charge >= 0.3 is 0 Å². The molecule has 4 unspecified atom stereocenters. The van der Waals surface area contributed by atoms with Crippen LogP contribution in [-0.4, -0.2) is 42.4 Å². The number of rotatable bonds is 7. The van der Waals surface area contributed by atoms with E-state index in [1.165, 1.54) is 12.0 Å². The zero-order valence-electron chi connectivity index (χ0n) is 14.6. The molecular formula is C19H32ClNO2. The summed E-state index contributed by atoms with van der Waals surface area (Å²) in [4.78, 5) is 2.39. The third-order valence-electron chi connectivity index (χ3n) is 4.45. The van der Waals surface area contributed by atoms with Gasteiger partial charge in [-0.05, 0) is 30.2 Å². The van der Waals surface area contributed by atoms with Crippen LogP contribution < -0.4 is 0 Å². The van der Waals surface area contributed by atoms with Gasteiger partial charge in [-0.25, -0.2) is 0 Å². The summed E-state index contributed by atoms with van der Waals surface area (Å²) in [5, 5.41) is 10.3. The van der Waals surface area contributed by atoms with Gasteiger partial charge in [0.05, 0.1) is 18.8 Å². The topological polar surface area (TPSA) is 32.7 Å². The third-order valence-corrected chi connectivity index (χ3v) is 4.45. The van der Waals surface area contributed by atoms with E-state index in [4.69, 9.17) is 4.74 Å². The molecule has 4 atom stereocenters. The summed E-state index contributed by atoms with van der Waals surface area (Å²) >= 11 is 0. The SMILES string of the molecule is CCC(OCC(O)CN1CC(C)CC(C)C1)c1ccccc1.Cl. The van der Waals surface area contributed by atoms with Gasteiger partial charge in [-0.1, -0.05) is 51.1 Å². The van der Waals surface area contributed by atoms with E-state index in [1.54, 1.807) is 0 Å². The van der Waals surface area contributed by atoms with Crippen molar-refractivity contribution in [3.8, 4) is 0 Å². The lowest BCUT2D eigenvalue weighted by Gasteiger charge is -2.36. The summed E-state index contributed by atoms with van der Waals surface area (Å²) in [6.45, 7) is 10.0. The molecule has 1 heterocycles. The van der Waals surface area contributed by atoms with E-state index >= 15 is 0 Å². The molecule has 0 spiro atoms. The maximum Gasteiger partial charge on any atom is 0.0900 e. The molecule has 23 heavy (non-hydrogen) atoms. The summed E-state index contributed by atoms with van der Waals surface area (Å²) in [6, 6.07) is 10.3. The Bertz CT molecular complexity index is 419. The second-order valence-corrected chi connectivity index (χ2v) is 6.96. The number of benzene rings is 1. The van der Waals surface area contributed by atoms with E-state index < -0.39 is 6.10 Å². The summed E-state index contributed by atoms with van der Waals surface area (Å²) in [5.41, 5.74) is 1.19. The van der Waals surface area contributed by atoms with Crippen molar-refractivity contribution in [3.05, 3.63) is 35.9 Å². The third kappa shape index (κ3) is 6.80. The maximum atomic E-state index is 10.3. The van der Waals surface area contributed by atoms with Crippen molar-refractivity contribution in [2.45, 2.75) is 45.8 Å². The summed E-state index contributed by atoms with van der Waals surface area (Å²) < 4.78 is 5.96. The molecule has 1 aliphatic heterocycles. The largest absolute Gasteiger partial charge is 0.389 e. The predicted molar refractivity (Wildman–Crippen MR) is 98.1 cm³/mol. The van der Waals surface area contributed by atoms with Crippen molar-refractivity contribution in [2.75, 3.05) is 26.2 Å². The minimum absolute atomic E-state index is 0. The Kier molecular flexibility index (Phi) is 9.15. The van der Waals surface area contributed by atoms with Gasteiger partial charge in [0.2, 0.25) is 0 Å². The summed E-state index contributed by atoms with van der Waals surface area (Å²) in [6.07, 6.45) is 1.90. The Labute approximate surface area is 147 Å². The van der Waals surface area contributed by atoms with Gasteiger partial charge in [-0.3, -0.25) is 0 Å². The van der Waals surface area contributed by atoms with Gasteiger partial charge in [0, 0.05) is 19.6 Å². The van der Waals surface area contributed by atoms with E-state index in [-0.39, 0.29) is 18.5 Å². The molecule has 0 radical (unpaired) electrons. The van der Waals surface area contributed by atoms with Crippen molar-refractivity contribution >= 4 is 12.4 Å². The van der Waals surface area contributed by atoms with E-state index in [0.717, 1.165) is 37.9 Å². The smallest absolute Gasteiger partial charge is 0.0900 e. The highest BCUT2D eigenvalue weighted by Gasteiger charge is 2.23. The molecular weight excluding hydrogens is 310 g/mol. The molecule has 1 aromatic carbocycles. The van der Waals surface area contributed by atoms with Gasteiger partial charge in [0.15, 0.2) is 0 Å². The molecule has 1 fully saturated rings. The van der Waals surface area contributed by atoms with Crippen LogP contribution in [0.25, 0.3) is 0 Å². The molecule has 3 nitrogen and oxygen atoms in total. The van der Waals surface area contributed by atoms with E-state index in [0.29, 0.717) is 6.61 Å². The van der Waals surface area contributed by atoms with Crippen LogP contribution in [0.4, 0.5) is 0 Å². The van der Waals surface area contributed by atoms with Gasteiger partial charge in [0.25, 0.3) is 0 Å². The number of halogens is 1. The van der Waals surface area contributed by atoms with Gasteiger partial charge in [-0.2, -0.15) is 0 Å². The van der Waals surface area contributed by atoms with Crippen molar-refractivity contribution in [1.29, 1.82) is 0 Å². The minimum Gasteiger partial charge on any atom is -0.389 e. The van der Waals surface area contributed by atoms with Crippen LogP contribution in [-0.2, 0) is 4.74 Å². The highest BCUT2D eigenvalue weighted by Crippen LogP contribution is 2.22. The Morgan fingerprint density at radius 2 is 1.78 bits per heavy atom. The van der Waals surface area contributed by atoms with Gasteiger partial charge in [-0.15, -0.1) is 12.4 Å². The molecule has 0 bridgehead atoms. The van der Waals surface area contributed by atoms with Crippen molar-refractivity contribution in [1.82, 2.24) is 4.90 Å². The first kappa shape index (κ1) is 20.4. The fourth-order valence-electron chi connectivity index (χ4n) is 3.64. The molecule has 0 amide bonds. The van der Waals surface area contributed by atoms with E-state index in [2.05, 4.69) is 37.8 Å². The number of likely N-dealkylation sites (tertiary alicyclic amines) is 1. The number of nitrogens with zero attached hydrogens (tertiary/aromatic N) is 1. The summed E-state index contributed by atoms with van der Waals surface area (Å²) in [5.74, 6) is 1.45. The lowest BCUT2D eigenvalue weighted by molar-refractivity contribution is -0.0297. The zero-order chi connectivity index (χ0) is 15.9. The number of ether oxygens (including phenoxy) is 1. The Morgan fingerprint density at radius 3 is 2.35 bits per heavy atom. The van der Waals surface area contributed by atoms with Crippen molar-refractivity contribution in [3.63, 3.8) is 0 Å². The Morgan fingerprint density at radius 1 is 1.17 bits per heavy atom. The van der Waals surface area contributed by atoms with Crippen LogP contribution in [0.2, 0.25) is 0 Å². The normalized spacial score (nSPS) is 24.7. The second-order valence-electron chi connectivity index (χ2n) is 6.96. The van der Waals surface area contributed by atoms with E-state index in [1.807, 2.05) is 18.2 Å².